The molecule has 1 N–H and O–H groups in total. The Morgan fingerprint density at radius 2 is 2.08 bits per heavy atom. The fourth-order valence-electron chi connectivity index (χ4n) is 3.07. The van der Waals surface area contributed by atoms with Gasteiger partial charge in [0.2, 0.25) is 11.1 Å². The van der Waals surface area contributed by atoms with E-state index in [1.54, 1.807) is 6.92 Å². The van der Waals surface area contributed by atoms with Crippen LogP contribution >= 0.6 is 11.8 Å². The number of rotatable bonds is 7. The first-order valence-electron chi connectivity index (χ1n) is 8.96. The van der Waals surface area contributed by atoms with Crippen LogP contribution < -0.4 is 5.32 Å². The molecule has 0 spiro atoms. The summed E-state index contributed by atoms with van der Waals surface area (Å²) in [6.07, 6.45) is 4.28. The Morgan fingerprint density at radius 3 is 2.69 bits per heavy atom. The molecule has 0 bridgehead atoms. The second kappa shape index (κ2) is 6.76. The van der Waals surface area contributed by atoms with E-state index in [0.717, 1.165) is 37.2 Å². The van der Waals surface area contributed by atoms with E-state index < -0.39 is 5.54 Å². The van der Waals surface area contributed by atoms with Crippen LogP contribution in [0.3, 0.4) is 0 Å². The Bertz CT molecular complexity index is 851. The molecule has 1 atom stereocenters. The van der Waals surface area contributed by atoms with Crippen molar-refractivity contribution in [2.45, 2.75) is 49.2 Å². The highest BCUT2D eigenvalue weighted by atomic mass is 32.2. The van der Waals surface area contributed by atoms with Crippen molar-refractivity contribution in [3.63, 3.8) is 0 Å². The smallest absolute Gasteiger partial charge is 0.231 e. The average Bonchev–Trinajstić information content (AvgIpc) is 3.57. The summed E-state index contributed by atoms with van der Waals surface area (Å²) >= 11 is 1.32. The first-order valence-corrected chi connectivity index (χ1v) is 9.95. The fourth-order valence-corrected chi connectivity index (χ4v) is 3.70. The van der Waals surface area contributed by atoms with Gasteiger partial charge in [0.05, 0.1) is 17.5 Å². The molecular weight excluding hydrogens is 346 g/mol. The summed E-state index contributed by atoms with van der Waals surface area (Å²) in [7, 11) is 0. The maximum atomic E-state index is 12.3. The van der Waals surface area contributed by atoms with Crippen LogP contribution in [0.4, 0.5) is 0 Å². The normalized spacial score (nSPS) is 18.8. The van der Waals surface area contributed by atoms with Gasteiger partial charge in [0.1, 0.15) is 11.4 Å². The second-order valence-corrected chi connectivity index (χ2v) is 8.14. The zero-order chi connectivity index (χ0) is 18.1. The molecule has 0 aliphatic heterocycles. The molecule has 26 heavy (non-hydrogen) atoms. The highest BCUT2D eigenvalue weighted by molar-refractivity contribution is 7.99. The van der Waals surface area contributed by atoms with Crippen LogP contribution in [0.1, 0.15) is 44.3 Å². The maximum absolute atomic E-state index is 12.3. The van der Waals surface area contributed by atoms with Gasteiger partial charge in [-0.15, -0.1) is 5.10 Å². The number of aromatic nitrogens is 3. The van der Waals surface area contributed by atoms with Crippen molar-refractivity contribution in [3.05, 3.63) is 36.2 Å². The van der Waals surface area contributed by atoms with E-state index in [-0.39, 0.29) is 17.6 Å². The van der Waals surface area contributed by atoms with E-state index in [0.29, 0.717) is 11.1 Å². The van der Waals surface area contributed by atoms with Gasteiger partial charge in [0.25, 0.3) is 0 Å². The molecule has 1 aromatic carbocycles. The van der Waals surface area contributed by atoms with Crippen molar-refractivity contribution >= 4 is 17.7 Å². The van der Waals surface area contributed by atoms with Gasteiger partial charge in [-0.1, -0.05) is 30.0 Å². The third kappa shape index (κ3) is 3.61. The Hall–Kier alpha value is -2.33. The molecule has 2 aliphatic rings. The van der Waals surface area contributed by atoms with Crippen LogP contribution in [-0.4, -0.2) is 32.0 Å². The minimum atomic E-state index is -0.756. The van der Waals surface area contributed by atoms with Crippen LogP contribution in [0, 0.1) is 17.2 Å². The quantitative estimate of drug-likeness (QED) is 0.761. The summed E-state index contributed by atoms with van der Waals surface area (Å²) in [6.45, 7) is 1.81. The van der Waals surface area contributed by atoms with Gasteiger partial charge in [-0.3, -0.25) is 4.79 Å². The highest BCUT2D eigenvalue weighted by Crippen LogP contribution is 2.41. The monoisotopic (exact) mass is 367 g/mol. The van der Waals surface area contributed by atoms with Gasteiger partial charge < -0.3 is 5.32 Å². The number of para-hydroxylation sites is 1. The van der Waals surface area contributed by atoms with E-state index in [4.69, 9.17) is 0 Å². The molecule has 0 radical (unpaired) electrons. The second-order valence-electron chi connectivity index (χ2n) is 7.20. The Balaban J connectivity index is 1.44. The highest BCUT2D eigenvalue weighted by Gasteiger charge is 2.43. The van der Waals surface area contributed by atoms with Crippen LogP contribution in [0.25, 0.3) is 5.69 Å². The molecule has 7 heteroatoms. The Kier molecular flexibility index (Phi) is 4.45. The molecule has 1 amide bonds. The Labute approximate surface area is 157 Å². The van der Waals surface area contributed by atoms with Crippen molar-refractivity contribution in [1.82, 2.24) is 20.1 Å². The number of hydrogen-bond donors (Lipinski definition) is 1. The summed E-state index contributed by atoms with van der Waals surface area (Å²) in [5.74, 6) is 1.78. The maximum Gasteiger partial charge on any atom is 0.231 e. The number of carbonyl (C=O) groups is 1. The molecule has 1 unspecified atom stereocenters. The number of benzene rings is 1. The van der Waals surface area contributed by atoms with E-state index in [1.165, 1.54) is 11.8 Å². The lowest BCUT2D eigenvalue weighted by atomic mass is 9.98. The minimum Gasteiger partial charge on any atom is -0.337 e. The van der Waals surface area contributed by atoms with Crippen molar-refractivity contribution in [2.75, 3.05) is 5.75 Å². The molecule has 2 fully saturated rings. The third-order valence-electron chi connectivity index (χ3n) is 4.91. The first kappa shape index (κ1) is 17.1. The van der Waals surface area contributed by atoms with Crippen molar-refractivity contribution in [1.29, 1.82) is 5.26 Å². The van der Waals surface area contributed by atoms with Crippen LogP contribution in [0.2, 0.25) is 0 Å². The summed E-state index contributed by atoms with van der Waals surface area (Å²) < 4.78 is 1.89. The van der Waals surface area contributed by atoms with Crippen molar-refractivity contribution in [3.8, 4) is 11.8 Å². The van der Waals surface area contributed by atoms with Gasteiger partial charge >= 0.3 is 0 Å². The lowest BCUT2D eigenvalue weighted by molar-refractivity contribution is -0.119. The molecule has 2 aromatic rings. The average molecular weight is 367 g/mol. The van der Waals surface area contributed by atoms with Gasteiger partial charge in [-0.05, 0) is 50.7 Å². The lowest BCUT2D eigenvalue weighted by Gasteiger charge is -2.22. The SMILES string of the molecule is CC(C#N)(NC(=O)CSc1nc(C2CC2)n(-c2ccccc2)n1)C1CC1. The van der Waals surface area contributed by atoms with Gasteiger partial charge in [0, 0.05) is 5.92 Å². The molecule has 6 nitrogen and oxygen atoms in total. The van der Waals surface area contributed by atoms with Crippen molar-refractivity contribution < 1.29 is 4.79 Å². The number of amides is 1. The zero-order valence-electron chi connectivity index (χ0n) is 14.7. The molecule has 0 saturated heterocycles. The van der Waals surface area contributed by atoms with Gasteiger partial charge in [0.15, 0.2) is 0 Å². The van der Waals surface area contributed by atoms with E-state index in [2.05, 4.69) is 21.5 Å². The molecule has 2 aliphatic carbocycles. The standard InChI is InChI=1S/C19H21N5OS/c1-19(12-20,14-9-10-14)22-16(25)11-26-18-21-17(13-7-8-13)24(23-18)15-5-3-2-4-6-15/h2-6,13-14H,7-11H2,1H3,(H,22,25). The summed E-state index contributed by atoms with van der Waals surface area (Å²) in [5.41, 5.74) is 0.234. The zero-order valence-corrected chi connectivity index (χ0v) is 15.5. The topological polar surface area (TPSA) is 83.6 Å². The van der Waals surface area contributed by atoms with Crippen LogP contribution in [-0.2, 0) is 4.79 Å². The molecule has 4 rings (SSSR count). The summed E-state index contributed by atoms with van der Waals surface area (Å²) in [6, 6.07) is 12.2. The predicted molar refractivity (Wildman–Crippen MR) is 98.9 cm³/mol. The number of nitriles is 1. The molecule has 1 heterocycles. The number of hydrogen-bond acceptors (Lipinski definition) is 5. The van der Waals surface area contributed by atoms with Gasteiger partial charge in [-0.2, -0.15) is 5.26 Å². The van der Waals surface area contributed by atoms with Crippen molar-refractivity contribution in [2.24, 2.45) is 5.92 Å². The lowest BCUT2D eigenvalue weighted by Crippen LogP contribution is -2.47. The fraction of sp³-hybridized carbons (Fsp3) is 0.474. The van der Waals surface area contributed by atoms with Gasteiger partial charge in [-0.25, -0.2) is 9.67 Å². The van der Waals surface area contributed by atoms with E-state index >= 15 is 0 Å². The molecule has 2 saturated carbocycles. The van der Waals surface area contributed by atoms with Crippen LogP contribution in [0.15, 0.2) is 35.5 Å². The molecule has 1 aromatic heterocycles. The number of thioether (sulfide) groups is 1. The number of nitrogens with one attached hydrogen (secondary N) is 1. The number of nitrogens with zero attached hydrogens (tertiary/aromatic N) is 4. The summed E-state index contributed by atoms with van der Waals surface area (Å²) in [5, 5.41) is 17.5. The summed E-state index contributed by atoms with van der Waals surface area (Å²) in [4.78, 5) is 16.9. The van der Waals surface area contributed by atoms with E-state index in [9.17, 15) is 10.1 Å². The molecular formula is C19H21N5OS. The van der Waals surface area contributed by atoms with Crippen LogP contribution in [0.5, 0.6) is 0 Å². The first-order chi connectivity index (χ1) is 12.6. The minimum absolute atomic E-state index is 0.144. The largest absolute Gasteiger partial charge is 0.337 e. The number of carbonyl (C=O) groups excluding carboxylic acids is 1. The molecule has 134 valence electrons. The van der Waals surface area contributed by atoms with E-state index in [1.807, 2.05) is 35.0 Å². The third-order valence-corrected chi connectivity index (χ3v) is 5.75. The predicted octanol–water partition coefficient (Wildman–Crippen LogP) is 3.05. The Morgan fingerprint density at radius 1 is 1.35 bits per heavy atom.